The van der Waals surface area contributed by atoms with Crippen LogP contribution < -0.4 is 10.1 Å². The third-order valence-electron chi connectivity index (χ3n) is 7.38. The summed E-state index contributed by atoms with van der Waals surface area (Å²) in [5.41, 5.74) is 3.13. The largest absolute Gasteiger partial charge is 0.573 e. The number of aryl methyl sites for hydroxylation is 2. The van der Waals surface area contributed by atoms with Crippen LogP contribution >= 0.6 is 0 Å². The second-order valence-electron chi connectivity index (χ2n) is 10.7. The average Bonchev–Trinajstić information content (AvgIpc) is 3.34. The molecule has 1 aromatic heterocycles. The molecular weight excluding hydrogens is 511 g/mol. The van der Waals surface area contributed by atoms with Crippen LogP contribution in [-0.2, 0) is 22.4 Å². The average molecular weight is 550 g/mol. The van der Waals surface area contributed by atoms with E-state index in [2.05, 4.69) is 22.2 Å². The summed E-state index contributed by atoms with van der Waals surface area (Å²) < 4.78 is 49.4. The fourth-order valence-corrected chi connectivity index (χ4v) is 5.31. The Labute approximate surface area is 227 Å². The third-order valence-corrected chi connectivity index (χ3v) is 7.38. The first-order valence-corrected chi connectivity index (χ1v) is 13.8. The van der Waals surface area contributed by atoms with Gasteiger partial charge in [-0.25, -0.2) is 4.98 Å². The van der Waals surface area contributed by atoms with Crippen molar-refractivity contribution >= 4 is 11.8 Å². The number of nitrogens with one attached hydrogen (secondary N) is 1. The summed E-state index contributed by atoms with van der Waals surface area (Å²) in [5, 5.41) is 13.4. The number of anilines is 1. The third kappa shape index (κ3) is 8.08. The molecular formula is C29H38F3N3O4. The monoisotopic (exact) mass is 549 g/mol. The van der Waals surface area contributed by atoms with Crippen molar-refractivity contribution in [1.29, 1.82) is 0 Å². The van der Waals surface area contributed by atoms with Gasteiger partial charge in [-0.3, -0.25) is 9.69 Å². The molecule has 0 spiro atoms. The first kappa shape index (κ1) is 29.1. The number of likely N-dealkylation sites (tertiary alicyclic amines) is 1. The Morgan fingerprint density at radius 1 is 1.21 bits per heavy atom. The normalized spacial score (nSPS) is 18.6. The SMILES string of the molecule is CC(C)c1ccc(OC(F)(F)F)c([C@H](C(=O)O)N2CC[C@@H](OCCCCCc3ccc4c(n3)NCCC4)C2)c1. The Morgan fingerprint density at radius 3 is 2.77 bits per heavy atom. The van der Waals surface area contributed by atoms with E-state index in [9.17, 15) is 23.1 Å². The lowest BCUT2D eigenvalue weighted by atomic mass is 9.96. The van der Waals surface area contributed by atoms with Crippen LogP contribution in [0, 0.1) is 0 Å². The zero-order chi connectivity index (χ0) is 28.0. The number of rotatable bonds is 12. The maximum absolute atomic E-state index is 13.1. The van der Waals surface area contributed by atoms with Crippen LogP contribution in [0.1, 0.15) is 80.3 Å². The van der Waals surface area contributed by atoms with Crippen molar-refractivity contribution in [2.45, 2.75) is 83.2 Å². The van der Waals surface area contributed by atoms with Crippen LogP contribution in [0.2, 0.25) is 0 Å². The van der Waals surface area contributed by atoms with Crippen molar-refractivity contribution in [2.24, 2.45) is 0 Å². The number of hydrogen-bond acceptors (Lipinski definition) is 6. The number of hydrogen-bond donors (Lipinski definition) is 2. The standard InChI is InChI=1S/C29H38F3N3O4/c1-19(2)21-10-12-25(39-29(30,31)32)24(17-21)26(28(36)37)35-15-13-23(18-35)38-16-5-3-4-8-22-11-9-20-7-6-14-33-27(20)34-22/h9-12,17,19,23,26H,3-8,13-16,18H2,1-2H3,(H,33,34)(H,36,37)/t23-,26-/m1/s1. The van der Waals surface area contributed by atoms with E-state index >= 15 is 0 Å². The Hall–Kier alpha value is -2.85. The fraction of sp³-hybridized carbons (Fsp3) is 0.586. The van der Waals surface area contributed by atoms with Crippen LogP contribution in [0.15, 0.2) is 30.3 Å². The number of benzene rings is 1. The molecule has 0 aliphatic carbocycles. The molecule has 0 bridgehead atoms. The van der Waals surface area contributed by atoms with Crippen LogP contribution in [0.4, 0.5) is 19.0 Å². The topological polar surface area (TPSA) is 83.9 Å². The molecule has 7 nitrogen and oxygen atoms in total. The van der Waals surface area contributed by atoms with Gasteiger partial charge in [0.2, 0.25) is 0 Å². The Bertz CT molecular complexity index is 1130. The number of alkyl halides is 3. The molecule has 214 valence electrons. The predicted molar refractivity (Wildman–Crippen MR) is 142 cm³/mol. The highest BCUT2D eigenvalue weighted by atomic mass is 19.4. The maximum atomic E-state index is 13.1. The predicted octanol–water partition coefficient (Wildman–Crippen LogP) is 6.09. The summed E-state index contributed by atoms with van der Waals surface area (Å²) in [6, 6.07) is 7.30. The van der Waals surface area contributed by atoms with Crippen molar-refractivity contribution in [1.82, 2.24) is 9.88 Å². The summed E-state index contributed by atoms with van der Waals surface area (Å²) >= 11 is 0. The van der Waals surface area contributed by atoms with Gasteiger partial charge in [0.1, 0.15) is 17.6 Å². The van der Waals surface area contributed by atoms with Crippen molar-refractivity contribution in [3.63, 3.8) is 0 Å². The minimum absolute atomic E-state index is 0.0117. The van der Waals surface area contributed by atoms with E-state index in [1.54, 1.807) is 11.0 Å². The minimum Gasteiger partial charge on any atom is -0.480 e. The number of ether oxygens (including phenoxy) is 2. The maximum Gasteiger partial charge on any atom is 0.573 e. The summed E-state index contributed by atoms with van der Waals surface area (Å²) in [6.07, 6.45) is 1.53. The summed E-state index contributed by atoms with van der Waals surface area (Å²) in [6.45, 7) is 6.08. The molecule has 2 aliphatic heterocycles. The smallest absolute Gasteiger partial charge is 0.480 e. The molecule has 4 rings (SSSR count). The van der Waals surface area contributed by atoms with Crippen molar-refractivity contribution in [3.8, 4) is 5.75 Å². The molecule has 3 heterocycles. The number of halogens is 3. The molecule has 1 saturated heterocycles. The molecule has 10 heteroatoms. The van der Waals surface area contributed by atoms with Crippen LogP contribution in [0.25, 0.3) is 0 Å². The van der Waals surface area contributed by atoms with E-state index in [0.717, 1.165) is 62.1 Å². The van der Waals surface area contributed by atoms with E-state index < -0.39 is 24.1 Å². The highest BCUT2D eigenvalue weighted by molar-refractivity contribution is 5.77. The first-order chi connectivity index (χ1) is 18.6. The lowest BCUT2D eigenvalue weighted by molar-refractivity contribution is -0.275. The number of unbranched alkanes of at least 4 members (excludes halogenated alkanes) is 2. The summed E-state index contributed by atoms with van der Waals surface area (Å²) in [4.78, 5) is 18.7. The van der Waals surface area contributed by atoms with Gasteiger partial charge in [-0.2, -0.15) is 0 Å². The number of carboxylic acids is 1. The van der Waals surface area contributed by atoms with E-state index in [1.807, 2.05) is 13.8 Å². The molecule has 1 aromatic carbocycles. The Morgan fingerprint density at radius 2 is 2.03 bits per heavy atom. The van der Waals surface area contributed by atoms with Gasteiger partial charge in [-0.1, -0.05) is 32.4 Å². The van der Waals surface area contributed by atoms with Crippen LogP contribution in [0.5, 0.6) is 5.75 Å². The second-order valence-corrected chi connectivity index (χ2v) is 10.7. The van der Waals surface area contributed by atoms with Crippen molar-refractivity contribution < 1.29 is 32.5 Å². The molecule has 2 aromatic rings. The van der Waals surface area contributed by atoms with E-state index in [1.165, 1.54) is 17.7 Å². The Balaban J connectivity index is 1.28. The highest BCUT2D eigenvalue weighted by Gasteiger charge is 2.39. The second kappa shape index (κ2) is 13.0. The first-order valence-electron chi connectivity index (χ1n) is 13.8. The number of carbonyl (C=O) groups is 1. The molecule has 2 atom stereocenters. The fourth-order valence-electron chi connectivity index (χ4n) is 5.31. The van der Waals surface area contributed by atoms with Crippen LogP contribution in [-0.4, -0.2) is 59.7 Å². The minimum atomic E-state index is -4.92. The number of carboxylic acid groups (broad SMARTS) is 1. The van der Waals surface area contributed by atoms with Gasteiger partial charge in [0.25, 0.3) is 0 Å². The molecule has 2 aliphatic rings. The molecule has 0 radical (unpaired) electrons. The molecule has 0 unspecified atom stereocenters. The number of aromatic nitrogens is 1. The molecule has 2 N–H and O–H groups in total. The zero-order valence-electron chi connectivity index (χ0n) is 22.6. The van der Waals surface area contributed by atoms with Gasteiger partial charge in [-0.15, -0.1) is 13.2 Å². The van der Waals surface area contributed by atoms with Gasteiger partial charge in [0, 0.05) is 37.5 Å². The highest BCUT2D eigenvalue weighted by Crippen LogP contribution is 2.37. The van der Waals surface area contributed by atoms with E-state index in [0.29, 0.717) is 26.1 Å². The number of nitrogens with zero attached hydrogens (tertiary/aromatic N) is 2. The Kier molecular flexibility index (Phi) is 9.71. The van der Waals surface area contributed by atoms with E-state index in [4.69, 9.17) is 9.72 Å². The summed E-state index contributed by atoms with van der Waals surface area (Å²) in [7, 11) is 0. The molecule has 1 fully saturated rings. The van der Waals surface area contributed by atoms with E-state index in [-0.39, 0.29) is 17.6 Å². The molecule has 39 heavy (non-hydrogen) atoms. The lowest BCUT2D eigenvalue weighted by Crippen LogP contribution is -2.34. The van der Waals surface area contributed by atoms with Crippen molar-refractivity contribution in [3.05, 3.63) is 52.7 Å². The van der Waals surface area contributed by atoms with Crippen molar-refractivity contribution in [2.75, 3.05) is 31.6 Å². The lowest BCUT2D eigenvalue weighted by Gasteiger charge is -2.27. The number of pyridine rings is 1. The molecule has 0 amide bonds. The van der Waals surface area contributed by atoms with Gasteiger partial charge in [0.15, 0.2) is 0 Å². The zero-order valence-corrected chi connectivity index (χ0v) is 22.6. The quantitative estimate of drug-likeness (QED) is 0.310. The summed E-state index contributed by atoms with van der Waals surface area (Å²) in [5.74, 6) is -0.657. The van der Waals surface area contributed by atoms with Gasteiger partial charge < -0.3 is 19.9 Å². The van der Waals surface area contributed by atoms with Gasteiger partial charge in [0.05, 0.1) is 6.10 Å². The number of aliphatic carboxylic acids is 1. The van der Waals surface area contributed by atoms with Gasteiger partial charge in [-0.05, 0) is 73.8 Å². The van der Waals surface area contributed by atoms with Gasteiger partial charge >= 0.3 is 12.3 Å². The van der Waals surface area contributed by atoms with Crippen LogP contribution in [0.3, 0.4) is 0 Å². The number of fused-ring (bicyclic) bond motifs is 1. The molecule has 0 saturated carbocycles.